The highest BCUT2D eigenvalue weighted by atomic mass is 16.5. The van der Waals surface area contributed by atoms with E-state index in [4.69, 9.17) is 13.6 Å². The summed E-state index contributed by atoms with van der Waals surface area (Å²) in [6.07, 6.45) is 0. The van der Waals surface area contributed by atoms with Crippen LogP contribution in [-0.4, -0.2) is 0 Å². The van der Waals surface area contributed by atoms with E-state index in [1.807, 2.05) is 12.1 Å². The van der Waals surface area contributed by atoms with E-state index in [9.17, 15) is 9.59 Å². The van der Waals surface area contributed by atoms with Crippen molar-refractivity contribution in [3.8, 4) is 11.5 Å². The number of rotatable bonds is 2. The second-order valence-electron chi connectivity index (χ2n) is 4.97. The predicted octanol–water partition coefficient (Wildman–Crippen LogP) is 3.69. The maximum absolute atomic E-state index is 12.0. The highest BCUT2D eigenvalue weighted by Crippen LogP contribution is 2.23. The Morgan fingerprint density at radius 3 is 1.57 bits per heavy atom. The maximum Gasteiger partial charge on any atom is 0.379 e. The molecule has 4 rings (SSSR count). The topological polar surface area (TPSA) is 69.7 Å². The van der Waals surface area contributed by atoms with Gasteiger partial charge in [-0.25, -0.2) is 9.59 Å². The zero-order valence-corrected chi connectivity index (χ0v) is 11.8. The van der Waals surface area contributed by atoms with E-state index in [-0.39, 0.29) is 11.5 Å². The summed E-state index contributed by atoms with van der Waals surface area (Å²) < 4.78 is 15.8. The van der Waals surface area contributed by atoms with Crippen LogP contribution in [0.3, 0.4) is 0 Å². The van der Waals surface area contributed by atoms with Gasteiger partial charge in [0.15, 0.2) is 0 Å². The second kappa shape index (κ2) is 5.14. The lowest BCUT2D eigenvalue weighted by Crippen LogP contribution is -2.08. The average molecular weight is 306 g/mol. The van der Waals surface area contributed by atoms with Crippen molar-refractivity contribution in [1.29, 1.82) is 0 Å². The zero-order chi connectivity index (χ0) is 15.8. The fourth-order valence-electron chi connectivity index (χ4n) is 2.35. The normalized spacial score (nSPS) is 11.0. The number of ether oxygens (including phenoxy) is 1. The van der Waals surface area contributed by atoms with Crippen molar-refractivity contribution in [3.05, 3.63) is 81.5 Å². The van der Waals surface area contributed by atoms with E-state index >= 15 is 0 Å². The lowest BCUT2D eigenvalue weighted by atomic mass is 10.2. The molecule has 0 atom stereocenters. The Balaban J connectivity index is 1.84. The van der Waals surface area contributed by atoms with E-state index < -0.39 is 11.3 Å². The van der Waals surface area contributed by atoms with Gasteiger partial charge in [-0.3, -0.25) is 0 Å². The van der Waals surface area contributed by atoms with E-state index in [0.717, 1.165) is 0 Å². The average Bonchev–Trinajstić information content (AvgIpc) is 2.56. The minimum absolute atomic E-state index is 0.0636. The minimum atomic E-state index is -0.656. The van der Waals surface area contributed by atoms with Gasteiger partial charge in [-0.15, -0.1) is 0 Å². The fraction of sp³-hybridized carbons (Fsp3) is 0. The van der Waals surface area contributed by atoms with Crippen LogP contribution in [0.5, 0.6) is 11.5 Å². The fourth-order valence-corrected chi connectivity index (χ4v) is 2.35. The summed E-state index contributed by atoms with van der Waals surface area (Å²) in [6.45, 7) is 0. The van der Waals surface area contributed by atoms with Crippen LogP contribution in [0.15, 0.2) is 79.1 Å². The van der Waals surface area contributed by atoms with Gasteiger partial charge < -0.3 is 13.6 Å². The molecule has 2 heterocycles. The first-order chi connectivity index (χ1) is 11.2. The summed E-state index contributed by atoms with van der Waals surface area (Å²) in [5.74, 6) is -0.127. The van der Waals surface area contributed by atoms with Gasteiger partial charge in [0.25, 0.3) is 0 Å². The first-order valence-electron chi connectivity index (χ1n) is 6.94. The number of benzene rings is 2. The van der Waals surface area contributed by atoms with Crippen LogP contribution in [0.2, 0.25) is 0 Å². The molecule has 0 aliphatic rings. The molecule has 0 radical (unpaired) electrons. The molecule has 0 fully saturated rings. The van der Waals surface area contributed by atoms with Gasteiger partial charge in [-0.2, -0.15) is 0 Å². The molecule has 0 spiro atoms. The molecule has 2 aromatic carbocycles. The van der Waals surface area contributed by atoms with Crippen molar-refractivity contribution in [3.63, 3.8) is 0 Å². The Kier molecular flexibility index (Phi) is 2.98. The Bertz CT molecular complexity index is 1050. The lowest BCUT2D eigenvalue weighted by Gasteiger charge is -2.05. The smallest absolute Gasteiger partial charge is 0.379 e. The van der Waals surface area contributed by atoms with Gasteiger partial charge in [0.1, 0.15) is 11.2 Å². The third kappa shape index (κ3) is 2.38. The quantitative estimate of drug-likeness (QED) is 0.528. The molecule has 0 N–H and O–H groups in total. The maximum atomic E-state index is 12.0. The summed E-state index contributed by atoms with van der Waals surface area (Å²) in [5, 5.41) is 1.40. The van der Waals surface area contributed by atoms with E-state index in [1.165, 1.54) is 12.1 Å². The van der Waals surface area contributed by atoms with Crippen molar-refractivity contribution in [2.24, 2.45) is 0 Å². The number of para-hydroxylation sites is 2. The van der Waals surface area contributed by atoms with Crippen LogP contribution >= 0.6 is 0 Å². The molecule has 5 heteroatoms. The van der Waals surface area contributed by atoms with Gasteiger partial charge in [-0.1, -0.05) is 36.4 Å². The third-order valence-corrected chi connectivity index (χ3v) is 3.44. The van der Waals surface area contributed by atoms with Crippen molar-refractivity contribution >= 4 is 21.9 Å². The van der Waals surface area contributed by atoms with Crippen LogP contribution in [0, 0.1) is 0 Å². The van der Waals surface area contributed by atoms with Gasteiger partial charge in [0, 0.05) is 10.8 Å². The second-order valence-corrected chi connectivity index (χ2v) is 4.97. The monoisotopic (exact) mass is 306 g/mol. The largest absolute Gasteiger partial charge is 0.442 e. The Labute approximate surface area is 129 Å². The van der Waals surface area contributed by atoms with Crippen molar-refractivity contribution in [2.45, 2.75) is 0 Å². The Hall–Kier alpha value is -3.34. The number of hydrogen-bond donors (Lipinski definition) is 0. The summed E-state index contributed by atoms with van der Waals surface area (Å²) in [4.78, 5) is 24.0. The molecule has 0 bridgehead atoms. The molecule has 0 saturated heterocycles. The van der Waals surface area contributed by atoms with E-state index in [1.54, 1.807) is 36.4 Å². The van der Waals surface area contributed by atoms with E-state index in [2.05, 4.69) is 0 Å². The molecule has 5 nitrogen and oxygen atoms in total. The van der Waals surface area contributed by atoms with Gasteiger partial charge in [0.2, 0.25) is 11.5 Å². The van der Waals surface area contributed by atoms with Crippen LogP contribution in [0.1, 0.15) is 0 Å². The molecule has 0 amide bonds. The van der Waals surface area contributed by atoms with Crippen molar-refractivity contribution in [1.82, 2.24) is 0 Å². The molecule has 0 aliphatic carbocycles. The SMILES string of the molecule is O=c1oc2ccccc2cc1Oc1cc2ccccc2oc1=O. The summed E-state index contributed by atoms with van der Waals surface area (Å²) in [6, 6.07) is 17.2. The van der Waals surface area contributed by atoms with Crippen LogP contribution in [0.25, 0.3) is 21.9 Å². The molecule has 112 valence electrons. The van der Waals surface area contributed by atoms with Crippen molar-refractivity contribution in [2.75, 3.05) is 0 Å². The first kappa shape index (κ1) is 13.3. The summed E-state index contributed by atoms with van der Waals surface area (Å²) in [5.41, 5.74) is -0.404. The molecule has 2 aromatic heterocycles. The predicted molar refractivity (Wildman–Crippen MR) is 85.0 cm³/mol. The van der Waals surface area contributed by atoms with Crippen LogP contribution in [-0.2, 0) is 0 Å². The first-order valence-corrected chi connectivity index (χ1v) is 6.94. The molecule has 23 heavy (non-hydrogen) atoms. The molecule has 0 aliphatic heterocycles. The molecule has 0 saturated carbocycles. The van der Waals surface area contributed by atoms with Gasteiger partial charge >= 0.3 is 11.3 Å². The standard InChI is InChI=1S/C18H10O5/c19-17-15(9-11-5-1-3-7-13(11)22-17)21-16-10-12-6-2-4-8-14(12)23-18(16)20/h1-10H. The third-order valence-electron chi connectivity index (χ3n) is 3.44. The van der Waals surface area contributed by atoms with Gasteiger partial charge in [0.05, 0.1) is 0 Å². The number of hydrogen-bond acceptors (Lipinski definition) is 5. The highest BCUT2D eigenvalue weighted by Gasteiger charge is 2.12. The molecule has 0 unspecified atom stereocenters. The van der Waals surface area contributed by atoms with Crippen LogP contribution in [0.4, 0.5) is 0 Å². The number of fused-ring (bicyclic) bond motifs is 2. The van der Waals surface area contributed by atoms with E-state index in [0.29, 0.717) is 21.9 Å². The zero-order valence-electron chi connectivity index (χ0n) is 11.8. The summed E-state index contributed by atoms with van der Waals surface area (Å²) in [7, 11) is 0. The highest BCUT2D eigenvalue weighted by molar-refractivity contribution is 5.78. The molecular weight excluding hydrogens is 296 g/mol. The Morgan fingerprint density at radius 2 is 1.09 bits per heavy atom. The Morgan fingerprint density at radius 1 is 0.652 bits per heavy atom. The molecular formula is C18H10O5. The van der Waals surface area contributed by atoms with Crippen molar-refractivity contribution < 1.29 is 13.6 Å². The van der Waals surface area contributed by atoms with Gasteiger partial charge in [-0.05, 0) is 24.3 Å². The minimum Gasteiger partial charge on any atom is -0.442 e. The lowest BCUT2D eigenvalue weighted by molar-refractivity contribution is 0.410. The molecule has 4 aromatic rings. The summed E-state index contributed by atoms with van der Waals surface area (Å²) >= 11 is 0. The van der Waals surface area contributed by atoms with Crippen LogP contribution < -0.4 is 16.0 Å².